The number of thiazole rings is 1. The molecule has 2 aromatic heterocycles. The van der Waals surface area contributed by atoms with Gasteiger partial charge in [-0.3, -0.25) is 0 Å². The quantitative estimate of drug-likeness (QED) is 0.885. The number of ether oxygens (including phenoxy) is 1. The van der Waals surface area contributed by atoms with Crippen molar-refractivity contribution in [1.29, 1.82) is 0 Å². The molecule has 0 spiro atoms. The van der Waals surface area contributed by atoms with E-state index >= 15 is 0 Å². The lowest BCUT2D eigenvalue weighted by Crippen LogP contribution is -2.30. The number of nitrogens with zero attached hydrogens (tertiary/aromatic N) is 3. The van der Waals surface area contributed by atoms with Crippen LogP contribution in [0.2, 0.25) is 0 Å². The molecule has 1 aliphatic heterocycles. The first-order valence-electron chi connectivity index (χ1n) is 7.13. The van der Waals surface area contributed by atoms with Crippen LogP contribution in [0.4, 0.5) is 11.6 Å². The van der Waals surface area contributed by atoms with Crippen molar-refractivity contribution in [3.05, 3.63) is 29.0 Å². The summed E-state index contributed by atoms with van der Waals surface area (Å²) < 4.78 is 5.47. The normalized spacial score (nSPS) is 20.0. The van der Waals surface area contributed by atoms with Gasteiger partial charge in [-0.1, -0.05) is 0 Å². The SMILES string of the molecule is CC(Nc1cc(NC2CCCOC2)ncn1)c1nccs1. The lowest BCUT2D eigenvalue weighted by molar-refractivity contribution is 0.0875. The maximum Gasteiger partial charge on any atom is 0.132 e. The molecule has 7 heteroatoms. The van der Waals surface area contributed by atoms with Gasteiger partial charge in [0.25, 0.3) is 0 Å². The largest absolute Gasteiger partial charge is 0.379 e. The van der Waals surface area contributed by atoms with Crippen LogP contribution in [0.1, 0.15) is 30.8 Å². The van der Waals surface area contributed by atoms with Gasteiger partial charge in [0.2, 0.25) is 0 Å². The average molecular weight is 305 g/mol. The first-order valence-corrected chi connectivity index (χ1v) is 8.01. The van der Waals surface area contributed by atoms with Gasteiger partial charge in [-0.25, -0.2) is 15.0 Å². The molecule has 2 atom stereocenters. The molecule has 0 saturated carbocycles. The summed E-state index contributed by atoms with van der Waals surface area (Å²) in [7, 11) is 0. The molecule has 3 heterocycles. The molecule has 0 amide bonds. The fourth-order valence-electron chi connectivity index (χ4n) is 2.31. The molecule has 2 aromatic rings. The summed E-state index contributed by atoms with van der Waals surface area (Å²) >= 11 is 1.63. The number of nitrogens with one attached hydrogen (secondary N) is 2. The molecule has 2 N–H and O–H groups in total. The minimum absolute atomic E-state index is 0.130. The monoisotopic (exact) mass is 305 g/mol. The van der Waals surface area contributed by atoms with Gasteiger partial charge < -0.3 is 15.4 Å². The molecule has 0 bridgehead atoms. The molecule has 6 nitrogen and oxygen atoms in total. The maximum atomic E-state index is 5.47. The van der Waals surface area contributed by atoms with Gasteiger partial charge in [0.15, 0.2) is 0 Å². The Morgan fingerprint density at radius 3 is 3.00 bits per heavy atom. The van der Waals surface area contributed by atoms with Crippen LogP contribution < -0.4 is 10.6 Å². The highest BCUT2D eigenvalue weighted by molar-refractivity contribution is 7.09. The first-order chi connectivity index (χ1) is 10.3. The van der Waals surface area contributed by atoms with E-state index in [0.717, 1.165) is 42.7 Å². The second-order valence-corrected chi connectivity index (χ2v) is 6.01. The highest BCUT2D eigenvalue weighted by atomic mass is 32.1. The zero-order valence-electron chi connectivity index (χ0n) is 12.0. The predicted octanol–water partition coefficient (Wildman–Crippen LogP) is 2.70. The molecule has 0 aliphatic carbocycles. The summed E-state index contributed by atoms with van der Waals surface area (Å²) in [5.41, 5.74) is 0. The van der Waals surface area contributed by atoms with Crippen LogP contribution in [0, 0.1) is 0 Å². The van der Waals surface area contributed by atoms with Crippen molar-refractivity contribution in [3.63, 3.8) is 0 Å². The van der Waals surface area contributed by atoms with Gasteiger partial charge >= 0.3 is 0 Å². The number of aromatic nitrogens is 3. The topological polar surface area (TPSA) is 72.0 Å². The highest BCUT2D eigenvalue weighted by Gasteiger charge is 2.14. The van der Waals surface area contributed by atoms with E-state index < -0.39 is 0 Å². The smallest absolute Gasteiger partial charge is 0.132 e. The minimum atomic E-state index is 0.130. The van der Waals surface area contributed by atoms with Gasteiger partial charge in [0.05, 0.1) is 18.7 Å². The van der Waals surface area contributed by atoms with Gasteiger partial charge in [0, 0.05) is 24.3 Å². The number of hydrogen-bond acceptors (Lipinski definition) is 7. The van der Waals surface area contributed by atoms with Crippen molar-refractivity contribution < 1.29 is 4.74 Å². The van der Waals surface area contributed by atoms with Crippen molar-refractivity contribution in [2.75, 3.05) is 23.8 Å². The Bertz CT molecular complexity index is 556. The molecule has 1 saturated heterocycles. The van der Waals surface area contributed by atoms with Gasteiger partial charge in [-0.15, -0.1) is 11.3 Å². The number of rotatable bonds is 5. The third-order valence-electron chi connectivity index (χ3n) is 3.37. The Hall–Kier alpha value is -1.73. The maximum absolute atomic E-state index is 5.47. The van der Waals surface area contributed by atoms with E-state index in [0.29, 0.717) is 6.04 Å². The fourth-order valence-corrected chi connectivity index (χ4v) is 2.96. The zero-order chi connectivity index (χ0) is 14.5. The van der Waals surface area contributed by atoms with E-state index in [-0.39, 0.29) is 6.04 Å². The van der Waals surface area contributed by atoms with Crippen molar-refractivity contribution in [2.24, 2.45) is 0 Å². The fraction of sp³-hybridized carbons (Fsp3) is 0.500. The molecule has 112 valence electrons. The Kier molecular flexibility index (Phi) is 4.62. The summed E-state index contributed by atoms with van der Waals surface area (Å²) in [6.07, 6.45) is 5.59. The van der Waals surface area contributed by atoms with Crippen LogP contribution in [0.5, 0.6) is 0 Å². The van der Waals surface area contributed by atoms with E-state index in [1.54, 1.807) is 17.7 Å². The van der Waals surface area contributed by atoms with Crippen LogP contribution in [0.15, 0.2) is 24.0 Å². The third-order valence-corrected chi connectivity index (χ3v) is 4.32. The lowest BCUT2D eigenvalue weighted by atomic mass is 10.1. The minimum Gasteiger partial charge on any atom is -0.379 e. The Morgan fingerprint density at radius 1 is 1.33 bits per heavy atom. The summed E-state index contributed by atoms with van der Waals surface area (Å²) in [6.45, 7) is 3.67. The van der Waals surface area contributed by atoms with Gasteiger partial charge in [-0.05, 0) is 19.8 Å². The van der Waals surface area contributed by atoms with Gasteiger partial charge in [-0.2, -0.15) is 0 Å². The van der Waals surface area contributed by atoms with E-state index in [1.165, 1.54) is 0 Å². The Morgan fingerprint density at radius 2 is 2.24 bits per heavy atom. The van der Waals surface area contributed by atoms with Crippen molar-refractivity contribution in [3.8, 4) is 0 Å². The highest BCUT2D eigenvalue weighted by Crippen LogP contribution is 2.21. The van der Waals surface area contributed by atoms with E-state index in [2.05, 4.69) is 32.5 Å². The molecule has 21 heavy (non-hydrogen) atoms. The summed E-state index contributed by atoms with van der Waals surface area (Å²) in [6, 6.07) is 2.39. The van der Waals surface area contributed by atoms with Crippen LogP contribution in [-0.4, -0.2) is 34.2 Å². The second-order valence-electron chi connectivity index (χ2n) is 5.08. The predicted molar refractivity (Wildman–Crippen MR) is 83.6 cm³/mol. The summed E-state index contributed by atoms with van der Waals surface area (Å²) in [4.78, 5) is 12.8. The van der Waals surface area contributed by atoms with Crippen LogP contribution in [-0.2, 0) is 4.74 Å². The zero-order valence-corrected chi connectivity index (χ0v) is 12.8. The van der Waals surface area contributed by atoms with Crippen molar-refractivity contribution in [2.45, 2.75) is 31.8 Å². The molecule has 3 rings (SSSR count). The molecular formula is C14H19N5OS. The average Bonchev–Trinajstić information content (AvgIpc) is 3.03. The third kappa shape index (κ3) is 3.89. The molecule has 1 fully saturated rings. The molecular weight excluding hydrogens is 286 g/mol. The summed E-state index contributed by atoms with van der Waals surface area (Å²) in [5.74, 6) is 1.63. The van der Waals surface area contributed by atoms with Gasteiger partial charge in [0.1, 0.15) is 23.0 Å². The van der Waals surface area contributed by atoms with E-state index in [9.17, 15) is 0 Å². The molecule has 2 unspecified atom stereocenters. The lowest BCUT2D eigenvalue weighted by Gasteiger charge is -2.23. The number of anilines is 2. The Balaban J connectivity index is 1.62. The van der Waals surface area contributed by atoms with Crippen LogP contribution in [0.25, 0.3) is 0 Å². The molecule has 0 radical (unpaired) electrons. The van der Waals surface area contributed by atoms with E-state index in [4.69, 9.17) is 4.74 Å². The molecule has 1 aliphatic rings. The summed E-state index contributed by atoms with van der Waals surface area (Å²) in [5, 5.41) is 9.77. The molecule has 0 aromatic carbocycles. The number of hydrogen-bond donors (Lipinski definition) is 2. The van der Waals surface area contributed by atoms with E-state index in [1.807, 2.05) is 17.6 Å². The Labute approximate surface area is 128 Å². The standard InChI is InChI=1S/C14H19N5OS/c1-10(14-15-4-6-21-14)18-12-7-13(17-9-16-12)19-11-3-2-5-20-8-11/h4,6-7,9-11H,2-3,5,8H2,1H3,(H2,16,17,18,19). The van der Waals surface area contributed by atoms with Crippen molar-refractivity contribution >= 4 is 23.0 Å². The van der Waals surface area contributed by atoms with Crippen LogP contribution >= 0.6 is 11.3 Å². The first kappa shape index (κ1) is 14.2. The van der Waals surface area contributed by atoms with Crippen LogP contribution in [0.3, 0.4) is 0 Å². The second kappa shape index (κ2) is 6.82. The van der Waals surface area contributed by atoms with Crippen molar-refractivity contribution in [1.82, 2.24) is 15.0 Å².